The quantitative estimate of drug-likeness (QED) is 0.802. The smallest absolute Gasteiger partial charge is 0.335 e. The number of imidazole rings is 1. The average molecular weight is 296 g/mol. The van der Waals surface area contributed by atoms with Gasteiger partial charge in [0, 0.05) is 12.1 Å². The largest absolute Gasteiger partial charge is 0.497 e. The summed E-state index contributed by atoms with van der Waals surface area (Å²) in [4.78, 5) is 15.7. The summed E-state index contributed by atoms with van der Waals surface area (Å²) in [6.07, 6.45) is 0.753. The molecule has 0 spiro atoms. The van der Waals surface area contributed by atoms with Crippen molar-refractivity contribution in [3.05, 3.63) is 53.9 Å². The Morgan fingerprint density at radius 1 is 1.23 bits per heavy atom. The summed E-state index contributed by atoms with van der Waals surface area (Å²) < 4.78 is 7.22. The molecule has 0 saturated heterocycles. The zero-order valence-corrected chi connectivity index (χ0v) is 12.4. The van der Waals surface area contributed by atoms with Gasteiger partial charge in [-0.15, -0.1) is 0 Å². The number of nitrogens with zero attached hydrogens (tertiary/aromatic N) is 2. The minimum Gasteiger partial charge on any atom is -0.497 e. The van der Waals surface area contributed by atoms with Crippen molar-refractivity contribution in [2.24, 2.45) is 0 Å². The van der Waals surface area contributed by atoms with Crippen molar-refractivity contribution in [2.75, 3.05) is 7.11 Å². The van der Waals surface area contributed by atoms with Crippen molar-refractivity contribution in [1.29, 1.82) is 0 Å². The molecule has 3 rings (SSSR count). The van der Waals surface area contributed by atoms with E-state index in [0.29, 0.717) is 5.52 Å². The van der Waals surface area contributed by atoms with Crippen LogP contribution in [-0.2, 0) is 6.42 Å². The van der Waals surface area contributed by atoms with Crippen LogP contribution in [0.3, 0.4) is 0 Å². The van der Waals surface area contributed by atoms with E-state index < -0.39 is 5.97 Å². The molecule has 0 aliphatic carbocycles. The highest BCUT2D eigenvalue weighted by atomic mass is 16.5. The van der Waals surface area contributed by atoms with Crippen molar-refractivity contribution in [3.63, 3.8) is 0 Å². The number of carbonyl (C=O) groups is 1. The number of benzene rings is 2. The van der Waals surface area contributed by atoms with E-state index in [0.717, 1.165) is 29.2 Å². The molecule has 1 N–H and O–H groups in total. The summed E-state index contributed by atoms with van der Waals surface area (Å²) in [6.45, 7) is 2.03. The van der Waals surface area contributed by atoms with E-state index in [1.54, 1.807) is 25.3 Å². The lowest BCUT2D eigenvalue weighted by molar-refractivity contribution is 0.0697. The molecule has 0 atom stereocenters. The van der Waals surface area contributed by atoms with Gasteiger partial charge in [0.1, 0.15) is 11.6 Å². The van der Waals surface area contributed by atoms with Crippen LogP contribution < -0.4 is 4.74 Å². The number of aromatic carboxylic acids is 1. The summed E-state index contributed by atoms with van der Waals surface area (Å²) in [5, 5.41) is 9.10. The van der Waals surface area contributed by atoms with Gasteiger partial charge in [0.2, 0.25) is 0 Å². The number of aryl methyl sites for hydroxylation is 1. The number of rotatable bonds is 4. The molecule has 0 aliphatic rings. The van der Waals surface area contributed by atoms with Gasteiger partial charge in [-0.25, -0.2) is 9.78 Å². The Kier molecular flexibility index (Phi) is 3.55. The molecule has 0 radical (unpaired) electrons. The predicted molar refractivity (Wildman–Crippen MR) is 84.0 cm³/mol. The van der Waals surface area contributed by atoms with Crippen LogP contribution in [0.2, 0.25) is 0 Å². The number of carboxylic acids is 1. The normalized spacial score (nSPS) is 10.8. The Bertz CT molecular complexity index is 835. The highest BCUT2D eigenvalue weighted by molar-refractivity contribution is 5.92. The van der Waals surface area contributed by atoms with Crippen molar-refractivity contribution < 1.29 is 14.6 Å². The first-order valence-corrected chi connectivity index (χ1v) is 7.03. The molecule has 1 aromatic heterocycles. The highest BCUT2D eigenvalue weighted by Gasteiger charge is 2.13. The second-order valence-electron chi connectivity index (χ2n) is 4.92. The number of carboxylic acid groups (broad SMARTS) is 1. The van der Waals surface area contributed by atoms with Gasteiger partial charge in [-0.3, -0.25) is 4.57 Å². The van der Waals surface area contributed by atoms with Crippen molar-refractivity contribution in [2.45, 2.75) is 13.3 Å². The van der Waals surface area contributed by atoms with Gasteiger partial charge in [-0.1, -0.05) is 6.92 Å². The number of hydrogen-bond donors (Lipinski definition) is 1. The molecule has 0 fully saturated rings. The fourth-order valence-corrected chi connectivity index (χ4v) is 2.52. The third-order valence-corrected chi connectivity index (χ3v) is 3.62. The Morgan fingerprint density at radius 3 is 2.55 bits per heavy atom. The van der Waals surface area contributed by atoms with Gasteiger partial charge in [0.15, 0.2) is 0 Å². The lowest BCUT2D eigenvalue weighted by Gasteiger charge is -2.09. The molecular weight excluding hydrogens is 280 g/mol. The maximum Gasteiger partial charge on any atom is 0.335 e. The number of ether oxygens (including phenoxy) is 1. The monoisotopic (exact) mass is 296 g/mol. The fourth-order valence-electron chi connectivity index (χ4n) is 2.52. The Hall–Kier alpha value is -2.82. The molecule has 1 heterocycles. The van der Waals surface area contributed by atoms with Gasteiger partial charge in [-0.05, 0) is 42.5 Å². The standard InChI is InChI=1S/C17H16N2O3/c1-3-16-18-14-10-11(17(20)21)4-9-15(14)19(16)12-5-7-13(22-2)8-6-12/h4-10H,3H2,1-2H3,(H,20,21). The minimum absolute atomic E-state index is 0.245. The van der Waals surface area contributed by atoms with Gasteiger partial charge in [0.25, 0.3) is 0 Å². The van der Waals surface area contributed by atoms with Crippen LogP contribution in [0.1, 0.15) is 23.1 Å². The maximum absolute atomic E-state index is 11.1. The number of methoxy groups -OCH3 is 1. The van der Waals surface area contributed by atoms with E-state index in [1.807, 2.05) is 35.8 Å². The minimum atomic E-state index is -0.945. The first kappa shape index (κ1) is 14.1. The first-order valence-electron chi connectivity index (χ1n) is 7.03. The molecule has 0 aliphatic heterocycles. The molecule has 0 unspecified atom stereocenters. The molecular formula is C17H16N2O3. The summed E-state index contributed by atoms with van der Waals surface area (Å²) in [5.74, 6) is 0.737. The lowest BCUT2D eigenvalue weighted by atomic mass is 10.2. The molecule has 5 nitrogen and oxygen atoms in total. The number of fused-ring (bicyclic) bond motifs is 1. The molecule has 0 amide bonds. The van der Waals surface area contributed by atoms with Crippen LogP contribution >= 0.6 is 0 Å². The Labute approximate surface area is 127 Å². The molecule has 112 valence electrons. The second kappa shape index (κ2) is 5.52. The molecule has 3 aromatic rings. The third-order valence-electron chi connectivity index (χ3n) is 3.62. The summed E-state index contributed by atoms with van der Waals surface area (Å²) in [7, 11) is 1.63. The zero-order valence-electron chi connectivity index (χ0n) is 12.4. The van der Waals surface area contributed by atoms with Crippen LogP contribution in [0, 0.1) is 0 Å². The van der Waals surface area contributed by atoms with Crippen LogP contribution in [0.4, 0.5) is 0 Å². The second-order valence-corrected chi connectivity index (χ2v) is 4.92. The van der Waals surface area contributed by atoms with E-state index in [9.17, 15) is 4.79 Å². The van der Waals surface area contributed by atoms with Gasteiger partial charge in [-0.2, -0.15) is 0 Å². The van der Waals surface area contributed by atoms with Crippen LogP contribution in [0.5, 0.6) is 5.75 Å². The zero-order chi connectivity index (χ0) is 15.7. The van der Waals surface area contributed by atoms with E-state index in [1.165, 1.54) is 0 Å². The third kappa shape index (κ3) is 2.30. The van der Waals surface area contributed by atoms with Crippen LogP contribution in [-0.4, -0.2) is 27.7 Å². The molecule has 22 heavy (non-hydrogen) atoms. The van der Waals surface area contributed by atoms with Crippen LogP contribution in [0.15, 0.2) is 42.5 Å². The van der Waals surface area contributed by atoms with Gasteiger partial charge >= 0.3 is 5.97 Å². The lowest BCUT2D eigenvalue weighted by Crippen LogP contribution is -2.00. The highest BCUT2D eigenvalue weighted by Crippen LogP contribution is 2.24. The summed E-state index contributed by atoms with van der Waals surface area (Å²) >= 11 is 0. The number of hydrogen-bond acceptors (Lipinski definition) is 3. The first-order chi connectivity index (χ1) is 10.6. The van der Waals surface area contributed by atoms with Crippen molar-refractivity contribution in [3.8, 4) is 11.4 Å². The maximum atomic E-state index is 11.1. The molecule has 0 bridgehead atoms. The van der Waals surface area contributed by atoms with E-state index in [2.05, 4.69) is 4.98 Å². The van der Waals surface area contributed by atoms with E-state index in [-0.39, 0.29) is 5.56 Å². The SMILES string of the molecule is CCc1nc2cc(C(=O)O)ccc2n1-c1ccc(OC)cc1. The summed E-state index contributed by atoms with van der Waals surface area (Å²) in [5.41, 5.74) is 2.80. The molecule has 0 saturated carbocycles. The fraction of sp³-hybridized carbons (Fsp3) is 0.176. The predicted octanol–water partition coefficient (Wildman–Crippen LogP) is 3.29. The number of aromatic nitrogens is 2. The average Bonchev–Trinajstić information content (AvgIpc) is 2.92. The Balaban J connectivity index is 2.20. The molecule has 5 heteroatoms. The van der Waals surface area contributed by atoms with Gasteiger partial charge < -0.3 is 9.84 Å². The Morgan fingerprint density at radius 2 is 1.95 bits per heavy atom. The molecule has 2 aromatic carbocycles. The summed E-state index contributed by atoms with van der Waals surface area (Å²) in [6, 6.07) is 12.7. The topological polar surface area (TPSA) is 64.3 Å². The van der Waals surface area contributed by atoms with Gasteiger partial charge in [0.05, 0.1) is 23.7 Å². The van der Waals surface area contributed by atoms with Crippen molar-refractivity contribution in [1.82, 2.24) is 9.55 Å². The van der Waals surface area contributed by atoms with E-state index in [4.69, 9.17) is 9.84 Å². The van der Waals surface area contributed by atoms with Crippen LogP contribution in [0.25, 0.3) is 16.7 Å². The van der Waals surface area contributed by atoms with E-state index >= 15 is 0 Å². The van der Waals surface area contributed by atoms with Crippen molar-refractivity contribution >= 4 is 17.0 Å².